The molecule has 31 heavy (non-hydrogen) atoms. The van der Waals surface area contributed by atoms with Crippen LogP contribution in [0.5, 0.6) is 0 Å². The third kappa shape index (κ3) is 4.82. The number of nitrogens with zero attached hydrogens (tertiary/aromatic N) is 2. The Morgan fingerprint density at radius 3 is 2.06 bits per heavy atom. The molecule has 3 aromatic carbocycles. The van der Waals surface area contributed by atoms with Crippen LogP contribution in [0.4, 0.5) is 11.4 Å². The largest absolute Gasteiger partial charge is 0.478 e. The molecular formula is C23H14Cl2N2O3S. The lowest BCUT2D eigenvalue weighted by atomic mass is 10.1. The minimum absolute atomic E-state index is 0.181. The number of amidine groups is 1. The van der Waals surface area contributed by atoms with Crippen LogP contribution in [0.1, 0.15) is 15.9 Å². The summed E-state index contributed by atoms with van der Waals surface area (Å²) in [5.74, 6) is -1.24. The molecule has 0 radical (unpaired) electrons. The molecule has 8 heteroatoms. The zero-order chi connectivity index (χ0) is 22.0. The van der Waals surface area contributed by atoms with E-state index in [0.29, 0.717) is 37.1 Å². The van der Waals surface area contributed by atoms with Gasteiger partial charge in [-0.05, 0) is 84.1 Å². The molecule has 1 aliphatic rings. The van der Waals surface area contributed by atoms with E-state index >= 15 is 0 Å². The van der Waals surface area contributed by atoms with E-state index in [2.05, 4.69) is 4.99 Å². The van der Waals surface area contributed by atoms with Crippen LogP contribution in [0.3, 0.4) is 0 Å². The normalized spacial score (nSPS) is 16.3. The molecule has 0 spiro atoms. The Bertz CT molecular complexity index is 1210. The van der Waals surface area contributed by atoms with Crippen LogP contribution in [0.15, 0.2) is 82.7 Å². The van der Waals surface area contributed by atoms with Crippen molar-refractivity contribution in [2.75, 3.05) is 4.90 Å². The molecule has 1 aliphatic heterocycles. The van der Waals surface area contributed by atoms with E-state index in [-0.39, 0.29) is 11.5 Å². The summed E-state index contributed by atoms with van der Waals surface area (Å²) in [6.07, 6.45) is 1.71. The predicted molar refractivity (Wildman–Crippen MR) is 126 cm³/mol. The average Bonchev–Trinajstić information content (AvgIpc) is 3.05. The van der Waals surface area contributed by atoms with Crippen LogP contribution in [0.25, 0.3) is 6.08 Å². The number of carbonyl (C=O) groups is 2. The Morgan fingerprint density at radius 1 is 0.903 bits per heavy atom. The van der Waals surface area contributed by atoms with Crippen LogP contribution in [0, 0.1) is 0 Å². The fourth-order valence-electron chi connectivity index (χ4n) is 2.87. The first kappa shape index (κ1) is 21.2. The topological polar surface area (TPSA) is 70.0 Å². The molecular weight excluding hydrogens is 455 g/mol. The fourth-order valence-corrected chi connectivity index (χ4v) is 4.12. The van der Waals surface area contributed by atoms with Gasteiger partial charge in [-0.25, -0.2) is 9.79 Å². The molecule has 0 bridgehead atoms. The highest BCUT2D eigenvalue weighted by Gasteiger charge is 2.34. The van der Waals surface area contributed by atoms with Gasteiger partial charge < -0.3 is 5.11 Å². The predicted octanol–water partition coefficient (Wildman–Crippen LogP) is 6.50. The van der Waals surface area contributed by atoms with Crippen LogP contribution in [0.2, 0.25) is 10.0 Å². The summed E-state index contributed by atoms with van der Waals surface area (Å²) < 4.78 is 0. The highest BCUT2D eigenvalue weighted by molar-refractivity contribution is 8.19. The third-order valence-corrected chi connectivity index (χ3v) is 5.87. The maximum atomic E-state index is 13.2. The number of halogens is 2. The summed E-state index contributed by atoms with van der Waals surface area (Å²) in [7, 11) is 0. The van der Waals surface area contributed by atoms with Gasteiger partial charge in [-0.3, -0.25) is 9.69 Å². The summed E-state index contributed by atoms with van der Waals surface area (Å²) in [5.41, 5.74) is 2.19. The number of hydrogen-bond donors (Lipinski definition) is 1. The van der Waals surface area contributed by atoms with Gasteiger partial charge in [0.25, 0.3) is 5.91 Å². The summed E-state index contributed by atoms with van der Waals surface area (Å²) in [6, 6.07) is 20.2. The van der Waals surface area contributed by atoms with Crippen molar-refractivity contribution in [3.63, 3.8) is 0 Å². The van der Waals surface area contributed by atoms with Gasteiger partial charge in [-0.1, -0.05) is 35.3 Å². The minimum atomic E-state index is -1.00. The van der Waals surface area contributed by atoms with Crippen molar-refractivity contribution in [2.45, 2.75) is 0 Å². The molecule has 154 valence electrons. The van der Waals surface area contributed by atoms with E-state index in [9.17, 15) is 9.59 Å². The second-order valence-corrected chi connectivity index (χ2v) is 8.41. The number of aliphatic imine (C=N–C) groups is 1. The highest BCUT2D eigenvalue weighted by atomic mass is 35.5. The zero-order valence-corrected chi connectivity index (χ0v) is 18.2. The van der Waals surface area contributed by atoms with E-state index in [0.717, 1.165) is 0 Å². The van der Waals surface area contributed by atoms with Crippen LogP contribution in [-0.4, -0.2) is 22.2 Å². The molecule has 0 aliphatic carbocycles. The van der Waals surface area contributed by atoms with Gasteiger partial charge in [0, 0.05) is 10.0 Å². The second kappa shape index (κ2) is 8.98. The molecule has 1 amide bonds. The van der Waals surface area contributed by atoms with Crippen molar-refractivity contribution < 1.29 is 14.7 Å². The van der Waals surface area contributed by atoms with E-state index < -0.39 is 5.97 Å². The number of amides is 1. The lowest BCUT2D eigenvalue weighted by Gasteiger charge is -2.15. The monoisotopic (exact) mass is 468 g/mol. The lowest BCUT2D eigenvalue weighted by Crippen LogP contribution is -2.28. The third-order valence-electron chi connectivity index (χ3n) is 4.40. The zero-order valence-electron chi connectivity index (χ0n) is 15.8. The van der Waals surface area contributed by atoms with E-state index in [1.165, 1.54) is 28.8 Å². The smallest absolute Gasteiger partial charge is 0.335 e. The first-order valence-corrected chi connectivity index (χ1v) is 10.6. The minimum Gasteiger partial charge on any atom is -0.478 e. The first-order chi connectivity index (χ1) is 14.9. The quantitative estimate of drug-likeness (QED) is 0.443. The van der Waals surface area contributed by atoms with Crippen molar-refractivity contribution in [1.82, 2.24) is 0 Å². The molecule has 5 nitrogen and oxygen atoms in total. The number of carboxylic acids is 1. The fraction of sp³-hybridized carbons (Fsp3) is 0. The molecule has 1 heterocycles. The van der Waals surface area contributed by atoms with Gasteiger partial charge in [-0.2, -0.15) is 0 Å². The van der Waals surface area contributed by atoms with Gasteiger partial charge in [0.2, 0.25) is 0 Å². The number of rotatable bonds is 4. The number of anilines is 1. The highest BCUT2D eigenvalue weighted by Crippen LogP contribution is 2.37. The average molecular weight is 469 g/mol. The Morgan fingerprint density at radius 2 is 1.48 bits per heavy atom. The number of hydrogen-bond acceptors (Lipinski definition) is 4. The molecule has 0 saturated carbocycles. The first-order valence-electron chi connectivity index (χ1n) is 9.08. The van der Waals surface area contributed by atoms with Crippen molar-refractivity contribution in [3.05, 3.63) is 98.9 Å². The van der Waals surface area contributed by atoms with Gasteiger partial charge >= 0.3 is 5.97 Å². The lowest BCUT2D eigenvalue weighted by molar-refractivity contribution is -0.113. The Balaban J connectivity index is 1.73. The van der Waals surface area contributed by atoms with Crippen molar-refractivity contribution in [2.24, 2.45) is 4.99 Å². The Labute approximate surface area is 192 Å². The maximum Gasteiger partial charge on any atom is 0.335 e. The van der Waals surface area contributed by atoms with Crippen molar-refractivity contribution >= 4 is 69.5 Å². The van der Waals surface area contributed by atoms with E-state index in [4.69, 9.17) is 28.3 Å². The molecule has 0 aromatic heterocycles. The second-order valence-electron chi connectivity index (χ2n) is 6.53. The number of aromatic carboxylic acids is 1. The van der Waals surface area contributed by atoms with Crippen LogP contribution < -0.4 is 4.90 Å². The number of carbonyl (C=O) groups excluding carboxylic acids is 1. The van der Waals surface area contributed by atoms with Crippen LogP contribution in [-0.2, 0) is 4.79 Å². The van der Waals surface area contributed by atoms with E-state index in [1.807, 2.05) is 0 Å². The summed E-state index contributed by atoms with van der Waals surface area (Å²) >= 11 is 13.2. The number of benzene rings is 3. The summed E-state index contributed by atoms with van der Waals surface area (Å²) in [4.78, 5) is 30.9. The molecule has 0 unspecified atom stereocenters. The molecule has 0 atom stereocenters. The van der Waals surface area contributed by atoms with Gasteiger partial charge in [0.15, 0.2) is 5.17 Å². The summed E-state index contributed by atoms with van der Waals surface area (Å²) in [6.45, 7) is 0. The maximum absolute atomic E-state index is 13.2. The summed E-state index contributed by atoms with van der Waals surface area (Å²) in [5, 5.41) is 10.7. The SMILES string of the molecule is O=C(O)c1ccc(/C=C2/SC(=Nc3ccc(Cl)cc3)N(c3ccc(Cl)cc3)C2=O)cc1. The standard InChI is InChI=1S/C23H14Cl2N2O3S/c24-16-5-9-18(10-6-16)26-23-27(19-11-7-17(25)8-12-19)21(28)20(31-23)13-14-1-3-15(4-2-14)22(29)30/h1-13H,(H,29,30)/b20-13+,26-23?. The molecule has 4 rings (SSSR count). The van der Waals surface area contributed by atoms with Crippen LogP contribution >= 0.6 is 35.0 Å². The van der Waals surface area contributed by atoms with Gasteiger partial charge in [0.1, 0.15) is 0 Å². The molecule has 1 saturated heterocycles. The van der Waals surface area contributed by atoms with Crippen molar-refractivity contribution in [3.8, 4) is 0 Å². The Kier molecular flexibility index (Phi) is 6.13. The van der Waals surface area contributed by atoms with E-state index in [1.54, 1.807) is 66.7 Å². The molecule has 1 N–H and O–H groups in total. The van der Waals surface area contributed by atoms with Gasteiger partial charge in [0.05, 0.1) is 21.8 Å². The van der Waals surface area contributed by atoms with Crippen molar-refractivity contribution in [1.29, 1.82) is 0 Å². The molecule has 1 fully saturated rings. The molecule has 3 aromatic rings. The van der Waals surface area contributed by atoms with Gasteiger partial charge in [-0.15, -0.1) is 0 Å². The Hall–Kier alpha value is -3.06. The number of carboxylic acid groups (broad SMARTS) is 1. The number of thioether (sulfide) groups is 1.